The Morgan fingerprint density at radius 2 is 2.21 bits per heavy atom. The van der Waals surface area contributed by atoms with Crippen molar-refractivity contribution in [2.24, 2.45) is 7.05 Å². The number of hydrogen-bond donors (Lipinski definition) is 2. The zero-order valence-corrected chi connectivity index (χ0v) is 10.5. The summed E-state index contributed by atoms with van der Waals surface area (Å²) in [5, 5.41) is 9.24. The molecule has 0 saturated heterocycles. The van der Waals surface area contributed by atoms with E-state index >= 15 is 0 Å². The number of imidazole rings is 2. The summed E-state index contributed by atoms with van der Waals surface area (Å²) >= 11 is 0. The molecule has 0 unspecified atom stereocenters. The van der Waals surface area contributed by atoms with Crippen LogP contribution in [0.25, 0.3) is 22.3 Å². The summed E-state index contributed by atoms with van der Waals surface area (Å²) in [5.41, 5.74) is 3.19. The second-order valence-electron chi connectivity index (χ2n) is 4.35. The average molecular weight is 256 g/mol. The van der Waals surface area contributed by atoms with Gasteiger partial charge in [0.1, 0.15) is 5.82 Å². The molecule has 6 heteroatoms. The lowest BCUT2D eigenvalue weighted by atomic mass is 10.1. The molecule has 0 atom stereocenters. The Kier molecular flexibility index (Phi) is 2.38. The van der Waals surface area contributed by atoms with Gasteiger partial charge in [0.2, 0.25) is 0 Å². The van der Waals surface area contributed by atoms with E-state index in [0.29, 0.717) is 11.5 Å². The van der Waals surface area contributed by atoms with Crippen LogP contribution >= 0.6 is 0 Å². The van der Waals surface area contributed by atoms with Gasteiger partial charge < -0.3 is 14.7 Å². The minimum absolute atomic E-state index is 0.0684. The van der Waals surface area contributed by atoms with Gasteiger partial charge in [-0.1, -0.05) is 6.07 Å². The van der Waals surface area contributed by atoms with Crippen molar-refractivity contribution in [2.45, 2.75) is 6.92 Å². The van der Waals surface area contributed by atoms with Crippen molar-refractivity contribution in [2.75, 3.05) is 0 Å². The van der Waals surface area contributed by atoms with Crippen LogP contribution in [0.5, 0.6) is 0 Å². The zero-order valence-electron chi connectivity index (χ0n) is 10.5. The molecule has 0 amide bonds. The van der Waals surface area contributed by atoms with Gasteiger partial charge in [0.15, 0.2) is 5.69 Å². The number of carboxylic acid groups (broad SMARTS) is 1. The molecule has 6 nitrogen and oxygen atoms in total. The van der Waals surface area contributed by atoms with Gasteiger partial charge in [-0.2, -0.15) is 0 Å². The summed E-state index contributed by atoms with van der Waals surface area (Å²) in [6.07, 6.45) is 1.61. The topological polar surface area (TPSA) is 83.8 Å². The van der Waals surface area contributed by atoms with Crippen LogP contribution in [0.3, 0.4) is 0 Å². The molecule has 2 aromatic heterocycles. The maximum Gasteiger partial charge on any atom is 0.356 e. The number of aromatic nitrogens is 4. The van der Waals surface area contributed by atoms with Gasteiger partial charge in [0.25, 0.3) is 0 Å². The molecule has 1 aromatic carbocycles. The van der Waals surface area contributed by atoms with E-state index in [1.807, 2.05) is 18.2 Å². The standard InChI is InChI=1S/C13H12N4O2/c1-7-16-11(13(18)19)12(17(7)2)8-3-4-9-10(5-8)15-6-14-9/h3-6H,1-2H3,(H,14,15)(H,18,19). The Bertz CT molecular complexity index is 785. The number of carboxylic acids is 1. The minimum atomic E-state index is -1.02. The van der Waals surface area contributed by atoms with Crippen molar-refractivity contribution in [1.82, 2.24) is 19.5 Å². The third-order valence-electron chi connectivity index (χ3n) is 3.21. The van der Waals surface area contributed by atoms with Gasteiger partial charge in [-0.15, -0.1) is 0 Å². The molecule has 0 fully saturated rings. The molecule has 19 heavy (non-hydrogen) atoms. The van der Waals surface area contributed by atoms with Crippen LogP contribution in [0, 0.1) is 6.92 Å². The average Bonchev–Trinajstić information content (AvgIpc) is 2.94. The fourth-order valence-corrected chi connectivity index (χ4v) is 2.17. The molecule has 3 aromatic rings. The summed E-state index contributed by atoms with van der Waals surface area (Å²) < 4.78 is 1.78. The lowest BCUT2D eigenvalue weighted by Gasteiger charge is -2.05. The molecule has 3 rings (SSSR count). The second kappa shape index (κ2) is 3.94. The van der Waals surface area contributed by atoms with E-state index in [2.05, 4.69) is 15.0 Å². The lowest BCUT2D eigenvalue weighted by Crippen LogP contribution is -2.01. The molecule has 2 N–H and O–H groups in total. The number of aryl methyl sites for hydroxylation is 1. The highest BCUT2D eigenvalue weighted by atomic mass is 16.4. The van der Waals surface area contributed by atoms with Gasteiger partial charge in [-0.05, 0) is 19.1 Å². The number of fused-ring (bicyclic) bond motifs is 1. The predicted octanol–water partition coefficient (Wildman–Crippen LogP) is 1.97. The normalized spacial score (nSPS) is 11.1. The number of rotatable bonds is 2. The first-order chi connectivity index (χ1) is 9.08. The number of nitrogens with one attached hydrogen (secondary N) is 1. The van der Waals surface area contributed by atoms with Crippen LogP contribution in [0.4, 0.5) is 0 Å². The van der Waals surface area contributed by atoms with Crippen molar-refractivity contribution < 1.29 is 9.90 Å². The molecule has 0 aliphatic carbocycles. The van der Waals surface area contributed by atoms with E-state index in [0.717, 1.165) is 16.6 Å². The molecular formula is C13H12N4O2. The van der Waals surface area contributed by atoms with Gasteiger partial charge in [0.05, 0.1) is 23.1 Å². The van der Waals surface area contributed by atoms with E-state index < -0.39 is 5.97 Å². The van der Waals surface area contributed by atoms with Crippen LogP contribution in [0.15, 0.2) is 24.5 Å². The van der Waals surface area contributed by atoms with Gasteiger partial charge in [-0.3, -0.25) is 0 Å². The first-order valence-electron chi connectivity index (χ1n) is 5.78. The third-order valence-corrected chi connectivity index (χ3v) is 3.21. The van der Waals surface area contributed by atoms with Crippen molar-refractivity contribution in [3.63, 3.8) is 0 Å². The number of benzene rings is 1. The Hall–Kier alpha value is -2.63. The summed E-state index contributed by atoms with van der Waals surface area (Å²) in [6.45, 7) is 1.78. The van der Waals surface area contributed by atoms with E-state index in [9.17, 15) is 9.90 Å². The molecule has 96 valence electrons. The first kappa shape index (κ1) is 11.5. The third kappa shape index (κ3) is 1.69. The van der Waals surface area contributed by atoms with Crippen LogP contribution in [0.2, 0.25) is 0 Å². The Morgan fingerprint density at radius 1 is 1.42 bits per heavy atom. The molecule has 0 aliphatic heterocycles. The van der Waals surface area contributed by atoms with Crippen LogP contribution in [-0.4, -0.2) is 30.6 Å². The molecule has 0 saturated carbocycles. The number of carbonyl (C=O) groups is 1. The highest BCUT2D eigenvalue weighted by Crippen LogP contribution is 2.26. The summed E-state index contributed by atoms with van der Waals surface area (Å²) in [5.74, 6) is -0.361. The second-order valence-corrected chi connectivity index (χ2v) is 4.35. The van der Waals surface area contributed by atoms with Crippen molar-refractivity contribution in [1.29, 1.82) is 0 Å². The largest absolute Gasteiger partial charge is 0.476 e. The Balaban J connectivity index is 2.28. The molecule has 0 bridgehead atoms. The van der Waals surface area contributed by atoms with Crippen molar-refractivity contribution in [3.05, 3.63) is 36.0 Å². The highest BCUT2D eigenvalue weighted by molar-refractivity contribution is 5.94. The minimum Gasteiger partial charge on any atom is -0.476 e. The molecule has 0 spiro atoms. The smallest absolute Gasteiger partial charge is 0.356 e. The summed E-state index contributed by atoms with van der Waals surface area (Å²) in [7, 11) is 1.81. The number of hydrogen-bond acceptors (Lipinski definition) is 3. The van der Waals surface area contributed by atoms with Crippen LogP contribution in [0.1, 0.15) is 16.3 Å². The number of aromatic amines is 1. The van der Waals surface area contributed by atoms with E-state index in [-0.39, 0.29) is 5.69 Å². The monoisotopic (exact) mass is 256 g/mol. The van der Waals surface area contributed by atoms with Crippen LogP contribution in [-0.2, 0) is 7.05 Å². The highest BCUT2D eigenvalue weighted by Gasteiger charge is 2.20. The number of H-pyrrole nitrogens is 1. The van der Waals surface area contributed by atoms with Crippen LogP contribution < -0.4 is 0 Å². The fourth-order valence-electron chi connectivity index (χ4n) is 2.17. The maximum absolute atomic E-state index is 11.3. The van der Waals surface area contributed by atoms with E-state index in [4.69, 9.17) is 0 Å². The maximum atomic E-state index is 11.3. The lowest BCUT2D eigenvalue weighted by molar-refractivity contribution is 0.0692. The fraction of sp³-hybridized carbons (Fsp3) is 0.154. The number of aromatic carboxylic acids is 1. The molecular weight excluding hydrogens is 244 g/mol. The summed E-state index contributed by atoms with van der Waals surface area (Å²) in [6, 6.07) is 5.59. The van der Waals surface area contributed by atoms with Crippen molar-refractivity contribution in [3.8, 4) is 11.3 Å². The molecule has 0 radical (unpaired) electrons. The van der Waals surface area contributed by atoms with Crippen molar-refractivity contribution >= 4 is 17.0 Å². The quantitative estimate of drug-likeness (QED) is 0.734. The molecule has 0 aliphatic rings. The van der Waals surface area contributed by atoms with Gasteiger partial charge in [0, 0.05) is 12.6 Å². The van der Waals surface area contributed by atoms with Gasteiger partial charge in [-0.25, -0.2) is 14.8 Å². The van der Waals surface area contributed by atoms with Gasteiger partial charge >= 0.3 is 5.97 Å². The summed E-state index contributed by atoms with van der Waals surface area (Å²) in [4.78, 5) is 22.5. The van der Waals surface area contributed by atoms with E-state index in [1.165, 1.54) is 0 Å². The zero-order chi connectivity index (χ0) is 13.6. The predicted molar refractivity (Wildman–Crippen MR) is 70.0 cm³/mol. The Labute approximate surface area is 108 Å². The Morgan fingerprint density at radius 3 is 2.95 bits per heavy atom. The number of nitrogens with zero attached hydrogens (tertiary/aromatic N) is 3. The van der Waals surface area contributed by atoms with E-state index in [1.54, 1.807) is 24.9 Å². The first-order valence-corrected chi connectivity index (χ1v) is 5.78. The SMILES string of the molecule is Cc1nc(C(=O)O)c(-c2ccc3nc[nH]c3c2)n1C. The molecule has 2 heterocycles.